The molecule has 3 rings (SSSR count). The maximum absolute atomic E-state index is 14.0. The van der Waals surface area contributed by atoms with Crippen molar-refractivity contribution in [2.75, 3.05) is 26.0 Å². The number of halogens is 1. The molecule has 0 spiro atoms. The molecular weight excluding hydrogens is 383 g/mol. The average molecular weight is 411 g/mol. The zero-order chi connectivity index (χ0) is 20.5. The first-order valence-electron chi connectivity index (χ1n) is 9.70. The number of aromatic nitrogens is 1. The minimum absolute atomic E-state index is 0.0276. The lowest BCUT2D eigenvalue weighted by Crippen LogP contribution is -2.36. The largest absolute Gasteiger partial charge is 0.343 e. The molecule has 154 valence electrons. The van der Waals surface area contributed by atoms with Crippen LogP contribution < -0.4 is 0 Å². The van der Waals surface area contributed by atoms with Gasteiger partial charge in [0.05, 0.1) is 24.3 Å². The Kier molecular flexibility index (Phi) is 6.09. The lowest BCUT2D eigenvalue weighted by Gasteiger charge is -2.29. The Hall–Kier alpha value is -1.93. The molecule has 1 aromatic heterocycles. The highest BCUT2D eigenvalue weighted by atomic mass is 32.2. The first-order chi connectivity index (χ1) is 13.3. The van der Waals surface area contributed by atoms with Crippen molar-refractivity contribution in [2.24, 2.45) is 0 Å². The maximum Gasteiger partial charge on any atom is 0.264 e. The molecule has 2 aromatic rings. The summed E-state index contributed by atoms with van der Waals surface area (Å²) in [6, 6.07) is 4.59. The first-order valence-corrected chi connectivity index (χ1v) is 11.5. The summed E-state index contributed by atoms with van der Waals surface area (Å²) in [6.45, 7) is 5.49. The van der Waals surface area contributed by atoms with Gasteiger partial charge in [0, 0.05) is 30.7 Å². The van der Waals surface area contributed by atoms with Gasteiger partial charge < -0.3 is 9.47 Å². The molecule has 0 saturated heterocycles. The number of carbonyl (C=O) groups excluding carboxylic acids is 1. The Morgan fingerprint density at radius 1 is 1.32 bits per heavy atom. The van der Waals surface area contributed by atoms with Crippen LogP contribution in [0.25, 0.3) is 10.9 Å². The topological polar surface area (TPSA) is 68.6 Å². The van der Waals surface area contributed by atoms with E-state index in [1.165, 1.54) is 12.1 Å². The molecule has 0 N–H and O–H groups in total. The standard InChI is InChI=1S/C20H27FN2O4S/c1-4-22(5-2)20(24)16-7-6-8-17-19(16)15-10-9-14(21)13-18(15)23(17)11-12-27-28(3,25)26/h9-10,13,16H,4-8,11-12H2,1-3H3. The maximum atomic E-state index is 14.0. The van der Waals surface area contributed by atoms with Crippen molar-refractivity contribution in [2.45, 2.75) is 45.6 Å². The zero-order valence-electron chi connectivity index (χ0n) is 16.6. The third-order valence-corrected chi connectivity index (χ3v) is 6.01. The fourth-order valence-electron chi connectivity index (χ4n) is 4.22. The van der Waals surface area contributed by atoms with E-state index in [1.54, 1.807) is 6.07 Å². The summed E-state index contributed by atoms with van der Waals surface area (Å²) in [6.07, 6.45) is 3.40. The molecule has 1 heterocycles. The Labute approximate surface area is 165 Å². The minimum Gasteiger partial charge on any atom is -0.343 e. The van der Waals surface area contributed by atoms with E-state index in [-0.39, 0.29) is 30.8 Å². The van der Waals surface area contributed by atoms with E-state index >= 15 is 0 Å². The fourth-order valence-corrected chi connectivity index (χ4v) is 4.59. The minimum atomic E-state index is -3.55. The number of amides is 1. The predicted octanol–water partition coefficient (Wildman–Crippen LogP) is 3.04. The quantitative estimate of drug-likeness (QED) is 0.658. The number of benzene rings is 1. The van der Waals surface area contributed by atoms with Gasteiger partial charge in [-0.25, -0.2) is 4.39 Å². The van der Waals surface area contributed by atoms with Gasteiger partial charge in [-0.1, -0.05) is 0 Å². The molecule has 0 fully saturated rings. The second-order valence-corrected chi connectivity index (χ2v) is 8.80. The van der Waals surface area contributed by atoms with Crippen LogP contribution in [0, 0.1) is 5.82 Å². The van der Waals surface area contributed by atoms with Gasteiger partial charge in [0.25, 0.3) is 10.1 Å². The SMILES string of the molecule is CCN(CC)C(=O)C1CCCc2c1c1ccc(F)cc1n2CCOS(C)(=O)=O. The van der Waals surface area contributed by atoms with E-state index in [2.05, 4.69) is 0 Å². The summed E-state index contributed by atoms with van der Waals surface area (Å²) in [7, 11) is -3.55. The van der Waals surface area contributed by atoms with Gasteiger partial charge in [0.1, 0.15) is 5.82 Å². The Balaban J connectivity index is 2.08. The Bertz CT molecular complexity index is 980. The zero-order valence-corrected chi connectivity index (χ0v) is 17.4. The van der Waals surface area contributed by atoms with Crippen LogP contribution in [-0.4, -0.2) is 49.7 Å². The summed E-state index contributed by atoms with van der Waals surface area (Å²) < 4.78 is 43.4. The molecule has 0 bridgehead atoms. The second kappa shape index (κ2) is 8.21. The van der Waals surface area contributed by atoms with Crippen molar-refractivity contribution in [1.29, 1.82) is 0 Å². The van der Waals surface area contributed by atoms with Gasteiger partial charge in [-0.15, -0.1) is 0 Å². The second-order valence-electron chi connectivity index (χ2n) is 7.15. The lowest BCUT2D eigenvalue weighted by molar-refractivity contribution is -0.132. The summed E-state index contributed by atoms with van der Waals surface area (Å²) in [5.41, 5.74) is 2.62. The third kappa shape index (κ3) is 4.07. The lowest BCUT2D eigenvalue weighted by atomic mass is 9.84. The molecule has 1 unspecified atom stereocenters. The molecule has 0 radical (unpaired) electrons. The molecule has 0 aliphatic heterocycles. The summed E-state index contributed by atoms with van der Waals surface area (Å²) in [4.78, 5) is 15.0. The number of rotatable bonds is 7. The predicted molar refractivity (Wildman–Crippen MR) is 106 cm³/mol. The molecule has 1 aliphatic carbocycles. The summed E-state index contributed by atoms with van der Waals surface area (Å²) >= 11 is 0. The molecule has 1 aromatic carbocycles. The van der Waals surface area contributed by atoms with Gasteiger partial charge in [-0.05, 0) is 56.9 Å². The Morgan fingerprint density at radius 2 is 2.04 bits per heavy atom. The van der Waals surface area contributed by atoms with Crippen molar-refractivity contribution in [1.82, 2.24) is 9.47 Å². The van der Waals surface area contributed by atoms with Crippen LogP contribution in [0.15, 0.2) is 18.2 Å². The molecule has 28 heavy (non-hydrogen) atoms. The van der Waals surface area contributed by atoms with Crippen LogP contribution in [0.2, 0.25) is 0 Å². The van der Waals surface area contributed by atoms with Crippen LogP contribution in [0.5, 0.6) is 0 Å². The van der Waals surface area contributed by atoms with E-state index in [1.807, 2.05) is 23.3 Å². The Morgan fingerprint density at radius 3 is 2.68 bits per heavy atom. The van der Waals surface area contributed by atoms with Gasteiger partial charge in [0.15, 0.2) is 0 Å². The molecular formula is C20H27FN2O4S. The highest BCUT2D eigenvalue weighted by Crippen LogP contribution is 2.40. The first kappa shape index (κ1) is 20.8. The van der Waals surface area contributed by atoms with Crippen molar-refractivity contribution >= 4 is 26.9 Å². The van der Waals surface area contributed by atoms with Crippen LogP contribution in [0.4, 0.5) is 4.39 Å². The highest BCUT2D eigenvalue weighted by Gasteiger charge is 2.33. The van der Waals surface area contributed by atoms with E-state index in [9.17, 15) is 17.6 Å². The van der Waals surface area contributed by atoms with Crippen LogP contribution >= 0.6 is 0 Å². The molecule has 0 saturated carbocycles. The normalized spacial score (nSPS) is 16.9. The number of hydrogen-bond donors (Lipinski definition) is 0. The molecule has 6 nitrogen and oxygen atoms in total. The monoisotopic (exact) mass is 410 g/mol. The van der Waals surface area contributed by atoms with Crippen molar-refractivity contribution in [3.63, 3.8) is 0 Å². The summed E-state index contributed by atoms with van der Waals surface area (Å²) in [5.74, 6) is -0.519. The molecule has 1 atom stereocenters. The van der Waals surface area contributed by atoms with E-state index in [0.717, 1.165) is 42.2 Å². The van der Waals surface area contributed by atoms with Gasteiger partial charge in [0.2, 0.25) is 5.91 Å². The number of carbonyl (C=O) groups is 1. The van der Waals surface area contributed by atoms with Gasteiger partial charge >= 0.3 is 0 Å². The smallest absolute Gasteiger partial charge is 0.264 e. The van der Waals surface area contributed by atoms with E-state index in [0.29, 0.717) is 18.6 Å². The number of likely N-dealkylation sites (N-methyl/N-ethyl adjacent to an activating group) is 1. The molecule has 1 aliphatic rings. The fraction of sp³-hybridized carbons (Fsp3) is 0.550. The van der Waals surface area contributed by atoms with Crippen LogP contribution in [0.3, 0.4) is 0 Å². The summed E-state index contributed by atoms with van der Waals surface area (Å²) in [5, 5.41) is 0.862. The molecule has 1 amide bonds. The van der Waals surface area contributed by atoms with E-state index < -0.39 is 10.1 Å². The average Bonchev–Trinajstić information content (AvgIpc) is 2.95. The number of fused-ring (bicyclic) bond motifs is 3. The third-order valence-electron chi connectivity index (χ3n) is 5.42. The van der Waals surface area contributed by atoms with Crippen molar-refractivity contribution < 1.29 is 21.8 Å². The van der Waals surface area contributed by atoms with Crippen LogP contribution in [-0.2, 0) is 32.1 Å². The van der Waals surface area contributed by atoms with Gasteiger partial charge in [-0.2, -0.15) is 8.42 Å². The van der Waals surface area contributed by atoms with Gasteiger partial charge in [-0.3, -0.25) is 8.98 Å². The number of hydrogen-bond acceptors (Lipinski definition) is 4. The number of nitrogens with zero attached hydrogens (tertiary/aromatic N) is 2. The van der Waals surface area contributed by atoms with E-state index in [4.69, 9.17) is 4.18 Å². The highest BCUT2D eigenvalue weighted by molar-refractivity contribution is 7.85. The molecule has 8 heteroatoms. The van der Waals surface area contributed by atoms with Crippen LogP contribution in [0.1, 0.15) is 43.9 Å². The van der Waals surface area contributed by atoms with Crippen molar-refractivity contribution in [3.8, 4) is 0 Å². The van der Waals surface area contributed by atoms with Crippen molar-refractivity contribution in [3.05, 3.63) is 35.3 Å².